The van der Waals surface area contributed by atoms with Crippen LogP contribution in [0.2, 0.25) is 0 Å². The molecule has 11 heteroatoms. The van der Waals surface area contributed by atoms with Crippen LogP contribution < -0.4 is 16.5 Å². The van der Waals surface area contributed by atoms with Gasteiger partial charge >= 0.3 is 5.97 Å². The SMILES string of the molecule is C/C=C/CC(CCC1(C)OCCO1)C(=O)OC(C(=O)NC(C)C(=O)N1CCCC(C(N)=O)N1)C(C)C. The molecule has 0 saturated carbocycles. The van der Waals surface area contributed by atoms with Gasteiger partial charge in [-0.25, -0.2) is 5.43 Å². The molecule has 2 aliphatic heterocycles. The molecule has 2 rings (SSSR count). The lowest BCUT2D eigenvalue weighted by Gasteiger charge is -2.34. The van der Waals surface area contributed by atoms with E-state index in [1.165, 1.54) is 5.01 Å². The number of rotatable bonds is 12. The summed E-state index contributed by atoms with van der Waals surface area (Å²) in [6.07, 6.45) is 5.30. The lowest BCUT2D eigenvalue weighted by molar-refractivity contribution is -0.167. The Labute approximate surface area is 213 Å². The van der Waals surface area contributed by atoms with Crippen LogP contribution in [0.5, 0.6) is 0 Å². The zero-order chi connectivity index (χ0) is 26.9. The average molecular weight is 511 g/mol. The Morgan fingerprint density at radius 3 is 2.47 bits per heavy atom. The molecule has 3 amide bonds. The van der Waals surface area contributed by atoms with Crippen molar-refractivity contribution in [3.05, 3.63) is 12.2 Å². The van der Waals surface area contributed by atoms with E-state index in [1.54, 1.807) is 20.8 Å². The number of nitrogens with zero attached hydrogens (tertiary/aromatic N) is 1. The Bertz CT molecular complexity index is 810. The number of nitrogens with one attached hydrogen (secondary N) is 2. The van der Waals surface area contributed by atoms with Gasteiger partial charge in [-0.1, -0.05) is 26.0 Å². The first-order chi connectivity index (χ1) is 17.0. The van der Waals surface area contributed by atoms with Crippen LogP contribution in [0.4, 0.5) is 0 Å². The maximum absolute atomic E-state index is 13.1. The molecule has 2 heterocycles. The Hall–Kier alpha value is -2.50. The van der Waals surface area contributed by atoms with Gasteiger partial charge in [-0.05, 0) is 52.4 Å². The minimum Gasteiger partial charge on any atom is -0.452 e. The van der Waals surface area contributed by atoms with Crippen molar-refractivity contribution in [2.24, 2.45) is 17.6 Å². The Kier molecular flexibility index (Phi) is 11.3. The minimum atomic E-state index is -1.07. The largest absolute Gasteiger partial charge is 0.452 e. The van der Waals surface area contributed by atoms with E-state index in [9.17, 15) is 19.2 Å². The number of nitrogens with two attached hydrogens (primary N) is 1. The lowest BCUT2D eigenvalue weighted by atomic mass is 9.96. The topological polar surface area (TPSA) is 149 Å². The standard InChI is InChI=1S/C25H42N4O7/c1-6-7-9-18(11-12-25(5)34-14-15-35-25)24(33)36-20(16(2)3)22(31)27-17(4)23(32)29-13-8-10-19(28-29)21(26)30/h6-7,16-20,28H,8-15H2,1-5H3,(H2,26,30)(H,27,31)/b7-6+. The third-order valence-electron chi connectivity index (χ3n) is 6.47. The second kappa shape index (κ2) is 13.7. The number of esters is 1. The van der Waals surface area contributed by atoms with Crippen LogP contribution in [0.3, 0.4) is 0 Å². The third-order valence-corrected chi connectivity index (χ3v) is 6.47. The fourth-order valence-electron chi connectivity index (χ4n) is 4.22. The summed E-state index contributed by atoms with van der Waals surface area (Å²) < 4.78 is 17.0. The van der Waals surface area contributed by atoms with Gasteiger partial charge < -0.3 is 25.3 Å². The normalized spacial score (nSPS) is 22.3. The van der Waals surface area contributed by atoms with Crippen molar-refractivity contribution < 1.29 is 33.4 Å². The van der Waals surface area contributed by atoms with E-state index < -0.39 is 53.6 Å². The molecule has 0 aliphatic carbocycles. The predicted octanol–water partition coefficient (Wildman–Crippen LogP) is 1.17. The second-order valence-corrected chi connectivity index (χ2v) is 9.92. The summed E-state index contributed by atoms with van der Waals surface area (Å²) in [6, 6.07) is -1.53. The number of hydrazine groups is 1. The Morgan fingerprint density at radius 1 is 1.22 bits per heavy atom. The van der Waals surface area contributed by atoms with Crippen molar-refractivity contribution in [2.75, 3.05) is 19.8 Å². The van der Waals surface area contributed by atoms with Gasteiger partial charge in [-0.15, -0.1) is 0 Å². The van der Waals surface area contributed by atoms with Crippen LogP contribution in [0.1, 0.15) is 66.7 Å². The molecule has 4 N–H and O–H groups in total. The van der Waals surface area contributed by atoms with Gasteiger partial charge in [0.05, 0.1) is 19.1 Å². The van der Waals surface area contributed by atoms with E-state index in [4.69, 9.17) is 19.9 Å². The number of amides is 3. The van der Waals surface area contributed by atoms with E-state index in [-0.39, 0.29) is 5.92 Å². The van der Waals surface area contributed by atoms with Gasteiger partial charge in [0.25, 0.3) is 11.8 Å². The first-order valence-corrected chi connectivity index (χ1v) is 12.7. The molecule has 0 aromatic rings. The zero-order valence-corrected chi connectivity index (χ0v) is 22.1. The fraction of sp³-hybridized carbons (Fsp3) is 0.760. The number of carbonyl (C=O) groups excluding carboxylic acids is 4. The predicted molar refractivity (Wildman–Crippen MR) is 132 cm³/mol. The van der Waals surface area contributed by atoms with Gasteiger partial charge in [0.1, 0.15) is 12.1 Å². The molecule has 204 valence electrons. The number of hydrogen-bond donors (Lipinski definition) is 3. The van der Waals surface area contributed by atoms with E-state index in [0.29, 0.717) is 51.9 Å². The van der Waals surface area contributed by atoms with Gasteiger partial charge in [0, 0.05) is 13.0 Å². The molecule has 2 saturated heterocycles. The second-order valence-electron chi connectivity index (χ2n) is 9.92. The van der Waals surface area contributed by atoms with E-state index >= 15 is 0 Å². The van der Waals surface area contributed by atoms with Crippen LogP contribution >= 0.6 is 0 Å². The first-order valence-electron chi connectivity index (χ1n) is 12.7. The smallest absolute Gasteiger partial charge is 0.310 e. The van der Waals surface area contributed by atoms with E-state index in [0.717, 1.165) is 0 Å². The summed E-state index contributed by atoms with van der Waals surface area (Å²) in [5.41, 5.74) is 8.16. The monoisotopic (exact) mass is 510 g/mol. The molecular formula is C25H42N4O7. The van der Waals surface area contributed by atoms with Crippen LogP contribution in [0.25, 0.3) is 0 Å². The molecular weight excluding hydrogens is 468 g/mol. The Balaban J connectivity index is 1.99. The number of carbonyl (C=O) groups is 4. The van der Waals surface area contributed by atoms with Crippen LogP contribution in [-0.2, 0) is 33.4 Å². The minimum absolute atomic E-state index is 0.315. The summed E-state index contributed by atoms with van der Waals surface area (Å²) in [6.45, 7) is 10.2. The average Bonchev–Trinajstić information content (AvgIpc) is 3.28. The highest BCUT2D eigenvalue weighted by Gasteiger charge is 2.36. The van der Waals surface area contributed by atoms with Gasteiger partial charge in [0.15, 0.2) is 11.9 Å². The van der Waals surface area contributed by atoms with Crippen LogP contribution in [-0.4, -0.2) is 72.4 Å². The first kappa shape index (κ1) is 29.7. The van der Waals surface area contributed by atoms with Crippen molar-refractivity contribution in [2.45, 2.75) is 90.7 Å². The molecule has 0 radical (unpaired) electrons. The van der Waals surface area contributed by atoms with Crippen LogP contribution in [0.15, 0.2) is 12.2 Å². The highest BCUT2D eigenvalue weighted by molar-refractivity contribution is 5.90. The zero-order valence-electron chi connectivity index (χ0n) is 22.1. The van der Waals surface area contributed by atoms with Crippen LogP contribution in [0, 0.1) is 11.8 Å². The van der Waals surface area contributed by atoms with Crippen molar-refractivity contribution in [3.8, 4) is 0 Å². The molecule has 0 aromatic carbocycles. The lowest BCUT2D eigenvalue weighted by Crippen LogP contribution is -2.60. The maximum atomic E-state index is 13.1. The number of ether oxygens (including phenoxy) is 3. The molecule has 0 spiro atoms. The molecule has 4 atom stereocenters. The maximum Gasteiger partial charge on any atom is 0.310 e. The van der Waals surface area contributed by atoms with Gasteiger partial charge in [-0.3, -0.25) is 24.2 Å². The third kappa shape index (κ3) is 8.56. The molecule has 2 aliphatic rings. The number of allylic oxidation sites excluding steroid dienone is 2. The number of hydrogen-bond acceptors (Lipinski definition) is 8. The van der Waals surface area contributed by atoms with E-state index in [2.05, 4.69) is 10.7 Å². The summed E-state index contributed by atoms with van der Waals surface area (Å²) in [5, 5.41) is 3.96. The molecule has 2 fully saturated rings. The van der Waals surface area contributed by atoms with Crippen molar-refractivity contribution in [1.82, 2.24) is 15.8 Å². The molecule has 11 nitrogen and oxygen atoms in total. The molecule has 36 heavy (non-hydrogen) atoms. The van der Waals surface area contributed by atoms with Crippen molar-refractivity contribution in [3.63, 3.8) is 0 Å². The summed E-state index contributed by atoms with van der Waals surface area (Å²) >= 11 is 0. The van der Waals surface area contributed by atoms with Crippen molar-refractivity contribution >= 4 is 23.7 Å². The summed E-state index contributed by atoms with van der Waals surface area (Å²) in [4.78, 5) is 50.5. The highest BCUT2D eigenvalue weighted by atomic mass is 16.7. The quantitative estimate of drug-likeness (QED) is 0.262. The van der Waals surface area contributed by atoms with Gasteiger partial charge in [0.2, 0.25) is 5.91 Å². The Morgan fingerprint density at radius 2 is 1.89 bits per heavy atom. The summed E-state index contributed by atoms with van der Waals surface area (Å²) in [5.74, 6) is -3.49. The summed E-state index contributed by atoms with van der Waals surface area (Å²) in [7, 11) is 0. The molecule has 0 aromatic heterocycles. The number of primary amides is 1. The fourth-order valence-corrected chi connectivity index (χ4v) is 4.22. The van der Waals surface area contributed by atoms with Gasteiger partial charge in [-0.2, -0.15) is 0 Å². The van der Waals surface area contributed by atoms with E-state index in [1.807, 2.05) is 26.0 Å². The molecule has 0 bridgehead atoms. The van der Waals surface area contributed by atoms with Crippen molar-refractivity contribution in [1.29, 1.82) is 0 Å². The highest BCUT2D eigenvalue weighted by Crippen LogP contribution is 2.28. The molecule has 4 unspecified atom stereocenters.